The maximum atomic E-state index is 10.5. The van der Waals surface area contributed by atoms with Crippen LogP contribution in [0.3, 0.4) is 0 Å². The molecule has 2 nitrogen and oxygen atoms in total. The van der Waals surface area contributed by atoms with Gasteiger partial charge in [-0.3, -0.25) is 4.79 Å². The highest BCUT2D eigenvalue weighted by Crippen LogP contribution is 2.12. The number of hydrogen-bond acceptors (Lipinski definition) is 2. The molecule has 4 rings (SSSR count). The van der Waals surface area contributed by atoms with Crippen molar-refractivity contribution in [2.24, 2.45) is 0 Å². The molecule has 0 aliphatic heterocycles. The first-order chi connectivity index (χ1) is 16.6. The lowest BCUT2D eigenvalue weighted by Gasteiger charge is -1.98. The molecule has 0 aromatic heterocycles. The molecular weight excluding hydrogens is 416 g/mol. The Balaban J connectivity index is 0.000000191. The lowest BCUT2D eigenvalue weighted by Crippen LogP contribution is -1.81. The molecule has 0 spiro atoms. The average Bonchev–Trinajstić information content (AvgIpc) is 2.87. The molecule has 1 N–H and O–H groups in total. The third kappa shape index (κ3) is 8.16. The van der Waals surface area contributed by atoms with Crippen molar-refractivity contribution < 1.29 is 9.90 Å². The molecule has 0 aliphatic rings. The van der Waals surface area contributed by atoms with Gasteiger partial charge in [-0.25, -0.2) is 0 Å². The highest BCUT2D eigenvalue weighted by atomic mass is 16.3. The molecule has 34 heavy (non-hydrogen) atoms. The second-order valence-electron chi connectivity index (χ2n) is 8.18. The quantitative estimate of drug-likeness (QED) is 0.244. The van der Waals surface area contributed by atoms with E-state index in [2.05, 4.69) is 74.5 Å². The summed E-state index contributed by atoms with van der Waals surface area (Å²) in [5.74, 6) is 0. The van der Waals surface area contributed by atoms with Gasteiger partial charge in [-0.2, -0.15) is 0 Å². The van der Waals surface area contributed by atoms with Gasteiger partial charge < -0.3 is 5.11 Å². The van der Waals surface area contributed by atoms with Crippen LogP contribution >= 0.6 is 0 Å². The Morgan fingerprint density at radius 3 is 1.38 bits per heavy atom. The molecule has 4 aromatic carbocycles. The van der Waals surface area contributed by atoms with Gasteiger partial charge in [-0.15, -0.1) is 0 Å². The molecule has 4 aromatic rings. The van der Waals surface area contributed by atoms with Crippen molar-refractivity contribution in [3.8, 4) is 0 Å². The molecular formula is C32H30O2. The van der Waals surface area contributed by atoms with E-state index in [9.17, 15) is 4.79 Å². The molecule has 0 amide bonds. The number of carbonyl (C=O) groups is 1. The number of carbonyl (C=O) groups excluding carboxylic acids is 1. The van der Waals surface area contributed by atoms with Gasteiger partial charge in [0.25, 0.3) is 0 Å². The highest BCUT2D eigenvalue weighted by Gasteiger charge is 1.92. The zero-order valence-corrected chi connectivity index (χ0v) is 19.7. The van der Waals surface area contributed by atoms with Crippen LogP contribution in [0.5, 0.6) is 0 Å². The van der Waals surface area contributed by atoms with Crippen LogP contribution in [0.2, 0.25) is 0 Å². The lowest BCUT2D eigenvalue weighted by atomic mass is 10.1. The summed E-state index contributed by atoms with van der Waals surface area (Å²) >= 11 is 0. The van der Waals surface area contributed by atoms with Crippen molar-refractivity contribution in [2.75, 3.05) is 0 Å². The zero-order chi connectivity index (χ0) is 24.2. The molecule has 0 saturated carbocycles. The Bertz CT molecular complexity index is 1250. The largest absolute Gasteiger partial charge is 0.392 e. The lowest BCUT2D eigenvalue weighted by molar-refractivity contribution is 0.112. The first-order valence-electron chi connectivity index (χ1n) is 11.3. The normalized spacial score (nSPS) is 10.8. The maximum absolute atomic E-state index is 10.5. The van der Waals surface area contributed by atoms with Gasteiger partial charge in [0.05, 0.1) is 6.61 Å². The minimum Gasteiger partial charge on any atom is -0.392 e. The van der Waals surface area contributed by atoms with E-state index in [1.807, 2.05) is 60.7 Å². The SMILES string of the molecule is Cc1cccc(/C=C/c2ccc(C=O)cc2)c1.Cc1cccc(/C=C/c2ccc(CO)cc2)c1. The molecule has 0 saturated heterocycles. The molecule has 170 valence electrons. The van der Waals surface area contributed by atoms with Crippen molar-refractivity contribution in [2.45, 2.75) is 20.5 Å². The van der Waals surface area contributed by atoms with E-state index in [-0.39, 0.29) is 6.61 Å². The number of hydrogen-bond donors (Lipinski definition) is 1. The van der Waals surface area contributed by atoms with Crippen LogP contribution in [0.1, 0.15) is 49.3 Å². The van der Waals surface area contributed by atoms with E-state index in [4.69, 9.17) is 5.11 Å². The summed E-state index contributed by atoms with van der Waals surface area (Å²) in [5, 5.41) is 8.95. The van der Waals surface area contributed by atoms with Crippen LogP contribution in [-0.2, 0) is 6.61 Å². The van der Waals surface area contributed by atoms with Crippen LogP contribution in [-0.4, -0.2) is 11.4 Å². The molecule has 0 bridgehead atoms. The number of rotatable bonds is 6. The Hall–Kier alpha value is -4.01. The number of aryl methyl sites for hydroxylation is 2. The monoisotopic (exact) mass is 446 g/mol. The van der Waals surface area contributed by atoms with Gasteiger partial charge in [0.1, 0.15) is 6.29 Å². The number of benzene rings is 4. The second-order valence-corrected chi connectivity index (χ2v) is 8.18. The van der Waals surface area contributed by atoms with Gasteiger partial charge >= 0.3 is 0 Å². The minimum absolute atomic E-state index is 0.0991. The van der Waals surface area contributed by atoms with Crippen molar-refractivity contribution in [1.29, 1.82) is 0 Å². The van der Waals surface area contributed by atoms with Crippen molar-refractivity contribution in [1.82, 2.24) is 0 Å². The fourth-order valence-electron chi connectivity index (χ4n) is 3.35. The van der Waals surface area contributed by atoms with Crippen molar-refractivity contribution >= 4 is 30.6 Å². The van der Waals surface area contributed by atoms with Gasteiger partial charge in [0, 0.05) is 5.56 Å². The Labute approximate surface area is 202 Å². The number of aldehydes is 1. The average molecular weight is 447 g/mol. The predicted molar refractivity (Wildman–Crippen MR) is 144 cm³/mol. The van der Waals surface area contributed by atoms with Crippen LogP contribution in [0.25, 0.3) is 24.3 Å². The molecule has 0 unspecified atom stereocenters. The molecule has 0 atom stereocenters. The van der Waals surface area contributed by atoms with Crippen LogP contribution < -0.4 is 0 Å². The standard InChI is InChI=1S/C16H16O.C16H14O/c2*1-13-3-2-4-15(11-13)8-5-14-6-9-16(12-17)10-7-14/h2-11,17H,12H2,1H3;2-12H,1H3/b2*8-5+. The van der Waals surface area contributed by atoms with E-state index in [1.165, 1.54) is 22.3 Å². The smallest absolute Gasteiger partial charge is 0.150 e. The molecule has 0 heterocycles. The topological polar surface area (TPSA) is 37.3 Å². The second kappa shape index (κ2) is 12.9. The van der Waals surface area contributed by atoms with Gasteiger partial charge in [-0.05, 0) is 41.7 Å². The molecule has 2 heteroatoms. The van der Waals surface area contributed by atoms with E-state index in [1.54, 1.807) is 0 Å². The summed E-state index contributed by atoms with van der Waals surface area (Å²) in [6.07, 6.45) is 9.15. The van der Waals surface area contributed by atoms with E-state index >= 15 is 0 Å². The summed E-state index contributed by atoms with van der Waals surface area (Å²) in [7, 11) is 0. The first-order valence-corrected chi connectivity index (χ1v) is 11.3. The summed E-state index contributed by atoms with van der Waals surface area (Å²) in [5.41, 5.74) is 8.79. The Morgan fingerprint density at radius 2 is 0.971 bits per heavy atom. The van der Waals surface area contributed by atoms with E-state index in [0.29, 0.717) is 5.56 Å². The van der Waals surface area contributed by atoms with Crippen LogP contribution in [0.15, 0.2) is 97.1 Å². The third-order valence-electron chi connectivity index (χ3n) is 5.26. The summed E-state index contributed by atoms with van der Waals surface area (Å²) in [6, 6.07) is 32.2. The first kappa shape index (κ1) is 24.6. The maximum Gasteiger partial charge on any atom is 0.150 e. The zero-order valence-electron chi connectivity index (χ0n) is 19.7. The minimum atomic E-state index is 0.0991. The fraction of sp³-hybridized carbons (Fsp3) is 0.0938. The summed E-state index contributed by atoms with van der Waals surface area (Å²) in [6.45, 7) is 4.27. The molecule has 0 fully saturated rings. The van der Waals surface area contributed by atoms with Crippen molar-refractivity contribution in [3.05, 3.63) is 142 Å². The number of aliphatic hydroxyl groups excluding tert-OH is 1. The van der Waals surface area contributed by atoms with E-state index in [0.717, 1.165) is 23.0 Å². The Kier molecular flexibility index (Phi) is 9.33. The molecule has 0 aliphatic carbocycles. The van der Waals surface area contributed by atoms with Crippen LogP contribution in [0.4, 0.5) is 0 Å². The number of aliphatic hydroxyl groups is 1. The Morgan fingerprint density at radius 1 is 0.559 bits per heavy atom. The predicted octanol–water partition coefficient (Wildman–Crippen LogP) is 7.64. The van der Waals surface area contributed by atoms with Gasteiger partial charge in [-0.1, -0.05) is 132 Å². The summed E-state index contributed by atoms with van der Waals surface area (Å²) < 4.78 is 0. The molecule has 0 radical (unpaired) electrons. The van der Waals surface area contributed by atoms with Crippen LogP contribution in [0, 0.1) is 13.8 Å². The van der Waals surface area contributed by atoms with Gasteiger partial charge in [0.2, 0.25) is 0 Å². The summed E-state index contributed by atoms with van der Waals surface area (Å²) in [4.78, 5) is 10.5. The van der Waals surface area contributed by atoms with Gasteiger partial charge in [0.15, 0.2) is 0 Å². The fourth-order valence-corrected chi connectivity index (χ4v) is 3.35. The third-order valence-corrected chi connectivity index (χ3v) is 5.26. The highest BCUT2D eigenvalue weighted by molar-refractivity contribution is 5.76. The van der Waals surface area contributed by atoms with Crippen molar-refractivity contribution in [3.63, 3.8) is 0 Å². The van der Waals surface area contributed by atoms with E-state index < -0.39 is 0 Å².